The number of allylic oxidation sites excluding steroid dienone is 1. The standard InChI is InChI=1S/C25H25N5O2S/c1-4-6-20-26-12-15(13-32-5-2)22(30-20)18-8-7-16-17(29-18)9-10-19-21(16)23-24(33-19)25(31)28-14(3)11-27-23/h4,6-10,12,14,27H,5,11,13H2,1-3H3,(H,28,31)/b6-4+/t14-/m1/s1. The van der Waals surface area contributed by atoms with E-state index >= 15 is 0 Å². The van der Waals surface area contributed by atoms with Crippen molar-refractivity contribution in [3.8, 4) is 11.4 Å². The van der Waals surface area contributed by atoms with Crippen LogP contribution in [0.3, 0.4) is 0 Å². The Balaban J connectivity index is 1.66. The summed E-state index contributed by atoms with van der Waals surface area (Å²) in [5, 5.41) is 8.57. The summed E-state index contributed by atoms with van der Waals surface area (Å²) in [6.45, 7) is 7.63. The van der Waals surface area contributed by atoms with Crippen LogP contribution in [0.15, 0.2) is 36.5 Å². The summed E-state index contributed by atoms with van der Waals surface area (Å²) in [5.41, 5.74) is 4.18. The third-order valence-corrected chi connectivity index (χ3v) is 6.75. The van der Waals surface area contributed by atoms with E-state index in [1.807, 2.05) is 57.3 Å². The predicted octanol–water partition coefficient (Wildman–Crippen LogP) is 5.02. The molecule has 33 heavy (non-hydrogen) atoms. The fourth-order valence-corrected chi connectivity index (χ4v) is 5.14. The molecule has 0 bridgehead atoms. The first kappa shape index (κ1) is 21.5. The second-order valence-corrected chi connectivity index (χ2v) is 9.05. The number of fused-ring (bicyclic) bond motifs is 5. The molecule has 0 unspecified atom stereocenters. The van der Waals surface area contributed by atoms with Gasteiger partial charge >= 0.3 is 0 Å². The lowest BCUT2D eigenvalue weighted by atomic mass is 10.1. The molecular formula is C25H25N5O2S. The van der Waals surface area contributed by atoms with Crippen LogP contribution in [-0.2, 0) is 11.3 Å². The molecule has 168 valence electrons. The van der Waals surface area contributed by atoms with E-state index in [1.54, 1.807) is 0 Å². The van der Waals surface area contributed by atoms with Crippen molar-refractivity contribution in [2.75, 3.05) is 18.5 Å². The smallest absolute Gasteiger partial charge is 0.263 e. The van der Waals surface area contributed by atoms with E-state index < -0.39 is 0 Å². The quantitative estimate of drug-likeness (QED) is 0.436. The highest BCUT2D eigenvalue weighted by Gasteiger charge is 2.25. The fraction of sp³-hybridized carbons (Fsp3) is 0.280. The van der Waals surface area contributed by atoms with Gasteiger partial charge in [0.25, 0.3) is 5.91 Å². The maximum Gasteiger partial charge on any atom is 0.263 e. The number of pyridine rings is 1. The van der Waals surface area contributed by atoms with Crippen LogP contribution in [0, 0.1) is 0 Å². The first-order valence-corrected chi connectivity index (χ1v) is 11.9. The Morgan fingerprint density at radius 2 is 2.12 bits per heavy atom. The summed E-state index contributed by atoms with van der Waals surface area (Å²) in [7, 11) is 0. The van der Waals surface area contributed by atoms with Crippen molar-refractivity contribution >= 4 is 50.0 Å². The Labute approximate surface area is 195 Å². The number of anilines is 1. The molecule has 0 spiro atoms. The van der Waals surface area contributed by atoms with Crippen LogP contribution in [0.1, 0.15) is 41.8 Å². The third-order valence-electron chi connectivity index (χ3n) is 5.59. The van der Waals surface area contributed by atoms with Crippen LogP contribution in [0.25, 0.3) is 38.5 Å². The van der Waals surface area contributed by atoms with Crippen LogP contribution in [0.4, 0.5) is 5.69 Å². The molecule has 1 atom stereocenters. The summed E-state index contributed by atoms with van der Waals surface area (Å²) < 4.78 is 6.70. The highest BCUT2D eigenvalue weighted by atomic mass is 32.1. The molecule has 1 aliphatic rings. The van der Waals surface area contributed by atoms with Gasteiger partial charge in [0, 0.05) is 46.4 Å². The fourth-order valence-electron chi connectivity index (χ4n) is 4.05. The van der Waals surface area contributed by atoms with E-state index in [9.17, 15) is 4.79 Å². The minimum Gasteiger partial charge on any atom is -0.381 e. The number of hydrogen-bond acceptors (Lipinski definition) is 7. The van der Waals surface area contributed by atoms with Crippen molar-refractivity contribution in [3.05, 3.63) is 52.8 Å². The van der Waals surface area contributed by atoms with Gasteiger partial charge in [-0.3, -0.25) is 4.79 Å². The number of nitrogens with one attached hydrogen (secondary N) is 2. The second-order valence-electron chi connectivity index (χ2n) is 8.00. The monoisotopic (exact) mass is 459 g/mol. The number of ether oxygens (including phenoxy) is 1. The zero-order chi connectivity index (χ0) is 22.9. The van der Waals surface area contributed by atoms with Gasteiger partial charge in [-0.25, -0.2) is 15.0 Å². The summed E-state index contributed by atoms with van der Waals surface area (Å²) >= 11 is 1.51. The van der Waals surface area contributed by atoms with Gasteiger partial charge in [-0.15, -0.1) is 11.3 Å². The van der Waals surface area contributed by atoms with E-state index in [2.05, 4.69) is 21.7 Å². The van der Waals surface area contributed by atoms with Gasteiger partial charge in [-0.05, 0) is 51.1 Å². The molecule has 0 saturated carbocycles. The first-order chi connectivity index (χ1) is 16.1. The van der Waals surface area contributed by atoms with E-state index in [1.165, 1.54) is 11.3 Å². The number of thiophene rings is 1. The molecule has 1 amide bonds. The van der Waals surface area contributed by atoms with Crippen molar-refractivity contribution in [2.45, 2.75) is 33.4 Å². The van der Waals surface area contributed by atoms with Crippen LogP contribution in [-0.4, -0.2) is 40.1 Å². The van der Waals surface area contributed by atoms with Gasteiger partial charge in [-0.2, -0.15) is 0 Å². The molecule has 3 aromatic heterocycles. The number of carbonyl (C=O) groups excluding carboxylic acids is 1. The summed E-state index contributed by atoms with van der Waals surface area (Å²) in [4.78, 5) is 27.5. The van der Waals surface area contributed by atoms with Gasteiger partial charge in [0.05, 0.1) is 29.2 Å². The normalized spacial score (nSPS) is 16.1. The lowest BCUT2D eigenvalue weighted by Crippen LogP contribution is -2.34. The topological polar surface area (TPSA) is 89.0 Å². The van der Waals surface area contributed by atoms with Gasteiger partial charge in [-0.1, -0.05) is 6.08 Å². The highest BCUT2D eigenvalue weighted by molar-refractivity contribution is 7.21. The van der Waals surface area contributed by atoms with Crippen molar-refractivity contribution in [1.29, 1.82) is 0 Å². The number of rotatable bonds is 5. The van der Waals surface area contributed by atoms with Crippen molar-refractivity contribution < 1.29 is 9.53 Å². The van der Waals surface area contributed by atoms with Gasteiger partial charge in [0.1, 0.15) is 4.88 Å². The maximum atomic E-state index is 12.7. The summed E-state index contributed by atoms with van der Waals surface area (Å²) in [6.07, 6.45) is 5.60. The number of nitrogens with zero attached hydrogens (tertiary/aromatic N) is 3. The lowest BCUT2D eigenvalue weighted by Gasteiger charge is -2.11. The predicted molar refractivity (Wildman–Crippen MR) is 134 cm³/mol. The van der Waals surface area contributed by atoms with E-state index in [0.717, 1.165) is 48.5 Å². The number of amides is 1. The number of benzene rings is 1. The average molecular weight is 460 g/mol. The molecule has 4 aromatic rings. The SMILES string of the molecule is C/C=C/c1ncc(COCC)c(-c2ccc3c(ccc4sc5c(c43)NC[C@@H](C)NC5=O)n2)n1. The zero-order valence-electron chi connectivity index (χ0n) is 18.8. The van der Waals surface area contributed by atoms with Crippen LogP contribution >= 0.6 is 11.3 Å². The third kappa shape index (κ3) is 3.96. The van der Waals surface area contributed by atoms with Gasteiger partial charge in [0.2, 0.25) is 0 Å². The molecule has 0 radical (unpaired) electrons. The van der Waals surface area contributed by atoms with E-state index in [-0.39, 0.29) is 11.9 Å². The zero-order valence-corrected chi connectivity index (χ0v) is 19.6. The molecule has 0 saturated heterocycles. The molecule has 1 aliphatic heterocycles. The first-order valence-electron chi connectivity index (χ1n) is 11.1. The second kappa shape index (κ2) is 8.88. The molecule has 1 aromatic carbocycles. The van der Waals surface area contributed by atoms with Crippen LogP contribution < -0.4 is 10.6 Å². The highest BCUT2D eigenvalue weighted by Crippen LogP contribution is 2.41. The van der Waals surface area contributed by atoms with Crippen LogP contribution in [0.2, 0.25) is 0 Å². The summed E-state index contributed by atoms with van der Waals surface area (Å²) in [5.74, 6) is 0.608. The van der Waals surface area contributed by atoms with Crippen LogP contribution in [0.5, 0.6) is 0 Å². The molecule has 5 rings (SSSR count). The van der Waals surface area contributed by atoms with Crippen molar-refractivity contribution in [1.82, 2.24) is 20.3 Å². The van der Waals surface area contributed by atoms with Crippen molar-refractivity contribution in [2.24, 2.45) is 0 Å². The van der Waals surface area contributed by atoms with E-state index in [4.69, 9.17) is 14.7 Å². The summed E-state index contributed by atoms with van der Waals surface area (Å²) in [6, 6.07) is 8.18. The van der Waals surface area contributed by atoms with E-state index in [0.29, 0.717) is 25.6 Å². The molecule has 4 heterocycles. The number of hydrogen-bond donors (Lipinski definition) is 2. The maximum absolute atomic E-state index is 12.7. The average Bonchev–Trinajstić information content (AvgIpc) is 3.14. The number of aromatic nitrogens is 3. The van der Waals surface area contributed by atoms with Gasteiger partial charge in [0.15, 0.2) is 5.82 Å². The Bertz CT molecular complexity index is 1390. The Kier molecular flexibility index (Phi) is 5.78. The largest absolute Gasteiger partial charge is 0.381 e. The minimum absolute atomic E-state index is 0.0283. The molecule has 0 fully saturated rings. The molecule has 8 heteroatoms. The lowest BCUT2D eigenvalue weighted by molar-refractivity contribution is 0.0949. The molecule has 7 nitrogen and oxygen atoms in total. The molecular weight excluding hydrogens is 434 g/mol. The molecule has 0 aliphatic carbocycles. The Morgan fingerprint density at radius 1 is 1.24 bits per heavy atom. The van der Waals surface area contributed by atoms with Gasteiger partial charge < -0.3 is 15.4 Å². The number of carbonyl (C=O) groups is 1. The Hall–Kier alpha value is -3.36. The minimum atomic E-state index is -0.0283. The molecule has 2 N–H and O–H groups in total. The van der Waals surface area contributed by atoms with Crippen molar-refractivity contribution in [3.63, 3.8) is 0 Å². The Morgan fingerprint density at radius 3 is 2.94 bits per heavy atom.